The zero-order valence-corrected chi connectivity index (χ0v) is 10.3. The Bertz CT molecular complexity index is 488. The minimum atomic E-state index is -0.0201. The van der Waals surface area contributed by atoms with Crippen LogP contribution in [0.1, 0.15) is 20.8 Å². The molecule has 2 aromatic rings. The molecule has 0 aromatic carbocycles. The molecule has 0 radical (unpaired) electrons. The first-order valence-electron chi connectivity index (χ1n) is 4.51. The van der Waals surface area contributed by atoms with Gasteiger partial charge < -0.3 is 5.32 Å². The van der Waals surface area contributed by atoms with Crippen LogP contribution in [0.3, 0.4) is 0 Å². The van der Waals surface area contributed by atoms with E-state index in [4.69, 9.17) is 11.6 Å². The van der Waals surface area contributed by atoms with Crippen molar-refractivity contribution in [3.63, 3.8) is 0 Å². The summed E-state index contributed by atoms with van der Waals surface area (Å²) < 4.78 is 0. The third kappa shape index (κ3) is 2.35. The van der Waals surface area contributed by atoms with E-state index < -0.39 is 0 Å². The number of thiazole rings is 1. The summed E-state index contributed by atoms with van der Waals surface area (Å²) in [5.41, 5.74) is 0.643. The monoisotopic (exact) mass is 242 g/mol. The van der Waals surface area contributed by atoms with Crippen molar-refractivity contribution >= 4 is 38.4 Å². The summed E-state index contributed by atoms with van der Waals surface area (Å²) in [7, 11) is 0. The van der Waals surface area contributed by atoms with Crippen LogP contribution in [0.5, 0.6) is 0 Å². The average molecular weight is 243 g/mol. The number of aromatic nitrogens is 3. The Kier molecular flexibility index (Phi) is 2.52. The van der Waals surface area contributed by atoms with E-state index in [2.05, 4.69) is 41.0 Å². The molecule has 2 heterocycles. The fourth-order valence-corrected chi connectivity index (χ4v) is 2.35. The summed E-state index contributed by atoms with van der Waals surface area (Å²) in [4.78, 5) is 13.2. The van der Waals surface area contributed by atoms with Gasteiger partial charge in [-0.1, -0.05) is 22.9 Å². The van der Waals surface area contributed by atoms with Crippen molar-refractivity contribution in [2.75, 3.05) is 5.32 Å². The third-order valence-electron chi connectivity index (χ3n) is 1.63. The van der Waals surface area contributed by atoms with Gasteiger partial charge in [-0.3, -0.25) is 0 Å². The second kappa shape index (κ2) is 3.57. The van der Waals surface area contributed by atoms with Crippen molar-refractivity contribution < 1.29 is 0 Å². The maximum atomic E-state index is 5.91. The summed E-state index contributed by atoms with van der Waals surface area (Å²) in [6.07, 6.45) is 1.45. The number of nitrogens with zero attached hydrogens (tertiary/aromatic N) is 3. The first kappa shape index (κ1) is 10.6. The quantitative estimate of drug-likeness (QED) is 0.782. The second-order valence-electron chi connectivity index (χ2n) is 4.21. The number of rotatable bonds is 1. The van der Waals surface area contributed by atoms with Crippen LogP contribution in [0.25, 0.3) is 10.3 Å². The molecule has 2 rings (SSSR count). The van der Waals surface area contributed by atoms with Gasteiger partial charge >= 0.3 is 0 Å². The molecule has 0 bridgehead atoms. The largest absolute Gasteiger partial charge is 0.357 e. The molecule has 4 nitrogen and oxygen atoms in total. The molecule has 2 aromatic heterocycles. The molecule has 0 unspecified atom stereocenters. The number of halogens is 1. The highest BCUT2D eigenvalue weighted by atomic mass is 35.5. The van der Waals surface area contributed by atoms with E-state index in [1.807, 2.05) is 0 Å². The smallest absolute Gasteiger partial charge is 0.185 e. The van der Waals surface area contributed by atoms with Crippen LogP contribution in [-0.4, -0.2) is 20.5 Å². The summed E-state index contributed by atoms with van der Waals surface area (Å²) in [6, 6.07) is 0. The Balaban J connectivity index is 2.44. The molecular weight excluding hydrogens is 232 g/mol. The summed E-state index contributed by atoms with van der Waals surface area (Å²) >= 11 is 7.39. The molecule has 0 aliphatic heterocycles. The van der Waals surface area contributed by atoms with Crippen LogP contribution < -0.4 is 5.32 Å². The van der Waals surface area contributed by atoms with Crippen LogP contribution in [0.2, 0.25) is 5.15 Å². The van der Waals surface area contributed by atoms with Crippen LogP contribution in [0.4, 0.5) is 5.13 Å². The van der Waals surface area contributed by atoms with Crippen molar-refractivity contribution in [1.82, 2.24) is 15.0 Å². The van der Waals surface area contributed by atoms with E-state index in [1.54, 1.807) is 0 Å². The summed E-state index contributed by atoms with van der Waals surface area (Å²) in [6.45, 7) is 6.23. The van der Waals surface area contributed by atoms with Gasteiger partial charge in [0.15, 0.2) is 10.3 Å². The van der Waals surface area contributed by atoms with Gasteiger partial charge in [0, 0.05) is 5.54 Å². The minimum Gasteiger partial charge on any atom is -0.357 e. The van der Waals surface area contributed by atoms with Gasteiger partial charge in [-0.15, -0.1) is 0 Å². The summed E-state index contributed by atoms with van der Waals surface area (Å²) in [5, 5.41) is 4.50. The van der Waals surface area contributed by atoms with Crippen LogP contribution in [0.15, 0.2) is 6.33 Å². The Morgan fingerprint density at radius 3 is 2.67 bits per heavy atom. The SMILES string of the molecule is CC(C)(C)Nc1nc2c(Cl)ncnc2s1. The number of anilines is 1. The van der Waals surface area contributed by atoms with E-state index in [-0.39, 0.29) is 5.54 Å². The molecular formula is C9H11ClN4S. The van der Waals surface area contributed by atoms with Crippen LogP contribution in [0, 0.1) is 0 Å². The van der Waals surface area contributed by atoms with Crippen molar-refractivity contribution in [3.05, 3.63) is 11.5 Å². The Morgan fingerprint density at radius 2 is 2.07 bits per heavy atom. The standard InChI is InChI=1S/C9H11ClN4S/c1-9(2,3)14-8-13-5-6(10)11-4-12-7(5)15-8/h4H,1-3H3,(H,13,14). The van der Waals surface area contributed by atoms with E-state index in [0.717, 1.165) is 9.96 Å². The summed E-state index contributed by atoms with van der Waals surface area (Å²) in [5.74, 6) is 0. The van der Waals surface area contributed by atoms with Gasteiger partial charge in [0.25, 0.3) is 0 Å². The molecule has 0 aliphatic carbocycles. The third-order valence-corrected chi connectivity index (χ3v) is 2.79. The van der Waals surface area contributed by atoms with Crippen molar-refractivity contribution in [2.24, 2.45) is 0 Å². The lowest BCUT2D eigenvalue weighted by Gasteiger charge is -2.19. The Hall–Kier alpha value is -0.940. The molecule has 15 heavy (non-hydrogen) atoms. The molecule has 0 aliphatic rings. The van der Waals surface area contributed by atoms with E-state index in [0.29, 0.717) is 10.7 Å². The number of hydrogen-bond acceptors (Lipinski definition) is 5. The van der Waals surface area contributed by atoms with E-state index in [9.17, 15) is 0 Å². The Labute approximate surface area is 96.7 Å². The van der Waals surface area contributed by atoms with E-state index in [1.165, 1.54) is 17.7 Å². The lowest BCUT2D eigenvalue weighted by molar-refractivity contribution is 0.633. The normalized spacial score (nSPS) is 12.0. The fourth-order valence-electron chi connectivity index (χ4n) is 1.10. The molecule has 0 atom stereocenters. The lowest BCUT2D eigenvalue weighted by atomic mass is 10.1. The molecule has 0 amide bonds. The molecule has 0 saturated carbocycles. The number of nitrogens with one attached hydrogen (secondary N) is 1. The lowest BCUT2D eigenvalue weighted by Crippen LogP contribution is -2.25. The van der Waals surface area contributed by atoms with Crippen LogP contribution >= 0.6 is 22.9 Å². The first-order chi connectivity index (χ1) is 6.96. The predicted molar refractivity (Wildman–Crippen MR) is 63.6 cm³/mol. The van der Waals surface area contributed by atoms with Gasteiger partial charge in [0.1, 0.15) is 16.7 Å². The average Bonchev–Trinajstić information content (AvgIpc) is 2.45. The zero-order valence-electron chi connectivity index (χ0n) is 8.71. The number of fused-ring (bicyclic) bond motifs is 1. The van der Waals surface area contributed by atoms with Crippen LogP contribution in [-0.2, 0) is 0 Å². The second-order valence-corrected chi connectivity index (χ2v) is 5.55. The number of hydrogen-bond donors (Lipinski definition) is 1. The highest BCUT2D eigenvalue weighted by Crippen LogP contribution is 2.28. The molecule has 0 spiro atoms. The predicted octanol–water partition coefficient (Wildman–Crippen LogP) is 2.95. The maximum absolute atomic E-state index is 5.91. The van der Waals surface area contributed by atoms with Gasteiger partial charge in [-0.2, -0.15) is 0 Å². The van der Waals surface area contributed by atoms with Gasteiger partial charge in [-0.05, 0) is 20.8 Å². The minimum absolute atomic E-state index is 0.0201. The van der Waals surface area contributed by atoms with Gasteiger partial charge in [-0.25, -0.2) is 15.0 Å². The molecule has 6 heteroatoms. The maximum Gasteiger partial charge on any atom is 0.185 e. The fraction of sp³-hybridized carbons (Fsp3) is 0.444. The Morgan fingerprint density at radius 1 is 1.33 bits per heavy atom. The topological polar surface area (TPSA) is 50.7 Å². The van der Waals surface area contributed by atoms with Crippen molar-refractivity contribution in [1.29, 1.82) is 0 Å². The van der Waals surface area contributed by atoms with Gasteiger partial charge in [0.2, 0.25) is 0 Å². The van der Waals surface area contributed by atoms with Crippen molar-refractivity contribution in [3.8, 4) is 0 Å². The highest BCUT2D eigenvalue weighted by molar-refractivity contribution is 7.21. The van der Waals surface area contributed by atoms with Crippen molar-refractivity contribution in [2.45, 2.75) is 26.3 Å². The molecule has 0 saturated heterocycles. The molecule has 0 fully saturated rings. The highest BCUT2D eigenvalue weighted by Gasteiger charge is 2.14. The molecule has 1 N–H and O–H groups in total. The van der Waals surface area contributed by atoms with E-state index >= 15 is 0 Å². The first-order valence-corrected chi connectivity index (χ1v) is 5.70. The van der Waals surface area contributed by atoms with Gasteiger partial charge in [0.05, 0.1) is 0 Å². The zero-order chi connectivity index (χ0) is 11.1. The molecule has 80 valence electrons.